The molecule has 13 heavy (non-hydrogen) atoms. The Morgan fingerprint density at radius 3 is 2.69 bits per heavy atom. The molecule has 0 bridgehead atoms. The van der Waals surface area contributed by atoms with Gasteiger partial charge in [-0.1, -0.05) is 6.92 Å². The summed E-state index contributed by atoms with van der Waals surface area (Å²) in [5, 5.41) is 13.9. The van der Waals surface area contributed by atoms with Crippen molar-refractivity contribution in [1.29, 1.82) is 0 Å². The number of hydrogen-bond donors (Lipinski definition) is 2. The smallest absolute Gasteiger partial charge is 0.0849 e. The molecule has 0 fully saturated rings. The fourth-order valence-electron chi connectivity index (χ4n) is 1.28. The van der Waals surface area contributed by atoms with Crippen molar-refractivity contribution < 1.29 is 5.11 Å². The van der Waals surface area contributed by atoms with E-state index in [1.165, 1.54) is 0 Å². The molecule has 0 radical (unpaired) electrons. The average molecular weight is 264 g/mol. The summed E-state index contributed by atoms with van der Waals surface area (Å²) in [5.74, 6) is 0.158. The molecule has 2 unspecified atom stereocenters. The quantitative estimate of drug-likeness (QED) is 0.877. The van der Waals surface area contributed by atoms with E-state index >= 15 is 0 Å². The van der Waals surface area contributed by atoms with Crippen molar-refractivity contribution in [2.75, 3.05) is 6.54 Å². The van der Waals surface area contributed by atoms with Gasteiger partial charge in [-0.25, -0.2) is 0 Å². The SMILES string of the molecule is CCC(CN)C(O)c1cscc1Br. The molecule has 3 N–H and O–H groups in total. The molecule has 0 spiro atoms. The molecule has 0 saturated carbocycles. The molecule has 2 nitrogen and oxygen atoms in total. The minimum absolute atomic E-state index is 0.158. The molecular formula is C9H14BrNOS. The maximum absolute atomic E-state index is 9.95. The second-order valence-corrected chi connectivity index (χ2v) is 4.62. The van der Waals surface area contributed by atoms with Crippen molar-refractivity contribution in [3.8, 4) is 0 Å². The molecule has 4 heteroatoms. The Labute approximate surface area is 90.9 Å². The Morgan fingerprint density at radius 1 is 1.62 bits per heavy atom. The molecule has 0 aliphatic rings. The lowest BCUT2D eigenvalue weighted by Gasteiger charge is -2.19. The van der Waals surface area contributed by atoms with Gasteiger partial charge in [0.15, 0.2) is 0 Å². The van der Waals surface area contributed by atoms with Crippen LogP contribution in [-0.2, 0) is 0 Å². The topological polar surface area (TPSA) is 46.2 Å². The molecule has 1 rings (SSSR count). The van der Waals surface area contributed by atoms with Gasteiger partial charge in [0.25, 0.3) is 0 Å². The molecule has 1 heterocycles. The monoisotopic (exact) mass is 263 g/mol. The lowest BCUT2D eigenvalue weighted by molar-refractivity contribution is 0.110. The van der Waals surface area contributed by atoms with Crippen LogP contribution in [0.15, 0.2) is 15.2 Å². The number of aliphatic hydroxyl groups is 1. The van der Waals surface area contributed by atoms with Crippen LogP contribution >= 0.6 is 27.3 Å². The number of hydrogen-bond acceptors (Lipinski definition) is 3. The van der Waals surface area contributed by atoms with Gasteiger partial charge in [-0.3, -0.25) is 0 Å². The van der Waals surface area contributed by atoms with E-state index in [9.17, 15) is 5.11 Å². The largest absolute Gasteiger partial charge is 0.388 e. The summed E-state index contributed by atoms with van der Waals surface area (Å²) in [6.45, 7) is 2.57. The van der Waals surface area contributed by atoms with E-state index in [2.05, 4.69) is 15.9 Å². The zero-order valence-electron chi connectivity index (χ0n) is 7.53. The fraction of sp³-hybridized carbons (Fsp3) is 0.556. The molecule has 0 aliphatic carbocycles. The van der Waals surface area contributed by atoms with Crippen LogP contribution in [0.1, 0.15) is 25.0 Å². The second-order valence-electron chi connectivity index (χ2n) is 3.02. The third-order valence-corrected chi connectivity index (χ3v) is 3.99. The highest BCUT2D eigenvalue weighted by Crippen LogP contribution is 2.32. The number of aliphatic hydroxyl groups excluding tert-OH is 1. The van der Waals surface area contributed by atoms with E-state index in [1.54, 1.807) is 11.3 Å². The number of nitrogens with two attached hydrogens (primary N) is 1. The highest BCUT2D eigenvalue weighted by Gasteiger charge is 2.20. The van der Waals surface area contributed by atoms with Gasteiger partial charge in [0.05, 0.1) is 6.10 Å². The van der Waals surface area contributed by atoms with Gasteiger partial charge in [-0.2, -0.15) is 11.3 Å². The highest BCUT2D eigenvalue weighted by molar-refractivity contribution is 9.10. The minimum atomic E-state index is -0.435. The Kier molecular flexibility index (Phi) is 4.38. The van der Waals surface area contributed by atoms with Crippen molar-refractivity contribution in [2.24, 2.45) is 11.7 Å². The standard InChI is InChI=1S/C9H14BrNOS/c1-2-6(3-11)9(12)7-4-13-5-8(7)10/h4-6,9,12H,2-3,11H2,1H3. The first-order valence-corrected chi connectivity index (χ1v) is 6.04. The molecule has 0 amide bonds. The lowest BCUT2D eigenvalue weighted by atomic mass is 9.95. The first-order valence-electron chi connectivity index (χ1n) is 4.30. The van der Waals surface area contributed by atoms with Crippen LogP contribution in [0, 0.1) is 5.92 Å². The van der Waals surface area contributed by atoms with E-state index in [0.29, 0.717) is 6.54 Å². The van der Waals surface area contributed by atoms with Gasteiger partial charge >= 0.3 is 0 Å². The Morgan fingerprint density at radius 2 is 2.31 bits per heavy atom. The van der Waals surface area contributed by atoms with Gasteiger partial charge in [-0.15, -0.1) is 0 Å². The van der Waals surface area contributed by atoms with Crippen LogP contribution in [0.2, 0.25) is 0 Å². The van der Waals surface area contributed by atoms with E-state index in [0.717, 1.165) is 16.5 Å². The summed E-state index contributed by atoms with van der Waals surface area (Å²) in [6, 6.07) is 0. The average Bonchev–Trinajstić information content (AvgIpc) is 2.53. The summed E-state index contributed by atoms with van der Waals surface area (Å²) < 4.78 is 0.983. The summed E-state index contributed by atoms with van der Waals surface area (Å²) in [5.41, 5.74) is 6.53. The number of rotatable bonds is 4. The Balaban J connectivity index is 2.77. The summed E-state index contributed by atoms with van der Waals surface area (Å²) in [4.78, 5) is 0. The van der Waals surface area contributed by atoms with Crippen molar-refractivity contribution in [2.45, 2.75) is 19.4 Å². The maximum Gasteiger partial charge on any atom is 0.0849 e. The van der Waals surface area contributed by atoms with Gasteiger partial charge in [0, 0.05) is 21.3 Å². The van der Waals surface area contributed by atoms with Crippen molar-refractivity contribution in [1.82, 2.24) is 0 Å². The number of halogens is 1. The van der Waals surface area contributed by atoms with E-state index in [4.69, 9.17) is 5.73 Å². The van der Waals surface area contributed by atoms with E-state index in [1.807, 2.05) is 17.7 Å². The maximum atomic E-state index is 9.95. The zero-order chi connectivity index (χ0) is 9.84. The first kappa shape index (κ1) is 11.2. The summed E-state index contributed by atoms with van der Waals surface area (Å²) >= 11 is 4.99. The first-order chi connectivity index (χ1) is 6.20. The molecule has 1 aromatic heterocycles. The van der Waals surface area contributed by atoms with Gasteiger partial charge < -0.3 is 10.8 Å². The molecule has 74 valence electrons. The van der Waals surface area contributed by atoms with Crippen molar-refractivity contribution >= 4 is 27.3 Å². The van der Waals surface area contributed by atoms with E-state index < -0.39 is 6.10 Å². The zero-order valence-corrected chi connectivity index (χ0v) is 9.94. The molecular weight excluding hydrogens is 250 g/mol. The summed E-state index contributed by atoms with van der Waals surface area (Å²) in [6.07, 6.45) is 0.468. The molecule has 0 saturated heterocycles. The van der Waals surface area contributed by atoms with Crippen LogP contribution in [0.5, 0.6) is 0 Å². The predicted octanol–water partition coefficient (Wildman–Crippen LogP) is 2.53. The normalized spacial score (nSPS) is 15.7. The molecule has 1 aromatic rings. The van der Waals surface area contributed by atoms with Crippen LogP contribution in [0.25, 0.3) is 0 Å². The van der Waals surface area contributed by atoms with E-state index in [-0.39, 0.29) is 5.92 Å². The molecule has 0 aromatic carbocycles. The minimum Gasteiger partial charge on any atom is -0.388 e. The third-order valence-electron chi connectivity index (χ3n) is 2.23. The van der Waals surface area contributed by atoms with Gasteiger partial charge in [0.2, 0.25) is 0 Å². The van der Waals surface area contributed by atoms with Gasteiger partial charge in [-0.05, 0) is 34.3 Å². The summed E-state index contributed by atoms with van der Waals surface area (Å²) in [7, 11) is 0. The van der Waals surface area contributed by atoms with Crippen molar-refractivity contribution in [3.05, 3.63) is 20.8 Å². The Bertz CT molecular complexity index is 260. The molecule has 0 aliphatic heterocycles. The second kappa shape index (κ2) is 5.10. The highest BCUT2D eigenvalue weighted by atomic mass is 79.9. The predicted molar refractivity (Wildman–Crippen MR) is 59.8 cm³/mol. The van der Waals surface area contributed by atoms with Gasteiger partial charge in [0.1, 0.15) is 0 Å². The van der Waals surface area contributed by atoms with Crippen LogP contribution in [0.3, 0.4) is 0 Å². The molecule has 2 atom stereocenters. The van der Waals surface area contributed by atoms with Crippen molar-refractivity contribution in [3.63, 3.8) is 0 Å². The number of thiophene rings is 1. The lowest BCUT2D eigenvalue weighted by Crippen LogP contribution is -2.21. The Hall–Kier alpha value is 0.100. The van der Waals surface area contributed by atoms with Crippen LogP contribution in [0.4, 0.5) is 0 Å². The fourth-order valence-corrected chi connectivity index (χ4v) is 2.84. The van der Waals surface area contributed by atoms with Crippen LogP contribution < -0.4 is 5.73 Å². The third kappa shape index (κ3) is 2.53. The van der Waals surface area contributed by atoms with Crippen LogP contribution in [-0.4, -0.2) is 11.7 Å².